The average Bonchev–Trinajstić information content (AvgIpc) is 2.90. The number of benzene rings is 3. The molecule has 4 rings (SSSR count). The number of nitrogens with zero attached hydrogens (tertiary/aromatic N) is 3. The maximum absolute atomic E-state index is 12.8. The van der Waals surface area contributed by atoms with Gasteiger partial charge < -0.3 is 19.9 Å². The maximum atomic E-state index is 12.8. The van der Waals surface area contributed by atoms with E-state index in [1.165, 1.54) is 16.9 Å². The SMILES string of the molecule is COc1ccc(CC(=O)NC[C@H](c2ccc(N(C)C)cc2)N2CCN(c3ccccc3)CC2)cc1. The van der Waals surface area contributed by atoms with Crippen molar-refractivity contribution < 1.29 is 9.53 Å². The molecule has 1 N–H and O–H groups in total. The van der Waals surface area contributed by atoms with E-state index < -0.39 is 0 Å². The molecular formula is C29H36N4O2. The molecule has 35 heavy (non-hydrogen) atoms. The van der Waals surface area contributed by atoms with Crippen molar-refractivity contribution >= 4 is 17.3 Å². The summed E-state index contributed by atoms with van der Waals surface area (Å²) in [5.41, 5.74) is 4.65. The van der Waals surface area contributed by atoms with E-state index in [-0.39, 0.29) is 11.9 Å². The molecule has 1 saturated heterocycles. The van der Waals surface area contributed by atoms with Gasteiger partial charge >= 0.3 is 0 Å². The van der Waals surface area contributed by atoms with E-state index in [1.54, 1.807) is 7.11 Å². The molecule has 3 aromatic rings. The predicted molar refractivity (Wildman–Crippen MR) is 143 cm³/mol. The number of amides is 1. The van der Waals surface area contributed by atoms with Crippen molar-refractivity contribution in [3.63, 3.8) is 0 Å². The third-order valence-corrected chi connectivity index (χ3v) is 6.69. The van der Waals surface area contributed by atoms with Crippen molar-refractivity contribution in [2.24, 2.45) is 0 Å². The van der Waals surface area contributed by atoms with Gasteiger partial charge in [0.1, 0.15) is 5.75 Å². The Morgan fingerprint density at radius 3 is 2.17 bits per heavy atom. The third-order valence-electron chi connectivity index (χ3n) is 6.69. The summed E-state index contributed by atoms with van der Waals surface area (Å²) in [5, 5.41) is 3.20. The van der Waals surface area contributed by atoms with Crippen LogP contribution in [0.25, 0.3) is 0 Å². The largest absolute Gasteiger partial charge is 0.497 e. The summed E-state index contributed by atoms with van der Waals surface area (Å²) in [4.78, 5) is 19.8. The standard InChI is InChI=1S/C29H36N4O2/c1-31(2)25-13-11-24(12-14-25)28(22-30-29(34)21-23-9-15-27(35-3)16-10-23)33-19-17-32(18-20-33)26-7-5-4-6-8-26/h4-16,28H,17-22H2,1-3H3,(H,30,34)/t28-/m1/s1. The van der Waals surface area contributed by atoms with Crippen molar-refractivity contribution in [2.45, 2.75) is 12.5 Å². The molecule has 3 aromatic carbocycles. The lowest BCUT2D eigenvalue weighted by atomic mass is 10.0. The molecule has 1 fully saturated rings. The van der Waals surface area contributed by atoms with Crippen LogP contribution in [-0.4, -0.2) is 64.7 Å². The topological polar surface area (TPSA) is 48.1 Å². The first-order valence-corrected chi connectivity index (χ1v) is 12.2. The van der Waals surface area contributed by atoms with Gasteiger partial charge in [-0.1, -0.05) is 42.5 Å². The smallest absolute Gasteiger partial charge is 0.224 e. The Morgan fingerprint density at radius 1 is 0.914 bits per heavy atom. The summed E-state index contributed by atoms with van der Waals surface area (Å²) in [6, 6.07) is 27.1. The second-order valence-corrected chi connectivity index (χ2v) is 9.19. The fraction of sp³-hybridized carbons (Fsp3) is 0.345. The Bertz CT molecular complexity index is 1060. The van der Waals surface area contributed by atoms with Crippen LogP contribution in [0.1, 0.15) is 17.2 Å². The van der Waals surface area contributed by atoms with E-state index >= 15 is 0 Å². The van der Waals surface area contributed by atoms with Gasteiger partial charge in [-0.3, -0.25) is 9.69 Å². The Morgan fingerprint density at radius 2 is 1.57 bits per heavy atom. The van der Waals surface area contributed by atoms with Crippen molar-refractivity contribution in [2.75, 3.05) is 63.7 Å². The molecule has 1 atom stereocenters. The van der Waals surface area contributed by atoms with E-state index in [4.69, 9.17) is 4.74 Å². The summed E-state index contributed by atoms with van der Waals surface area (Å²) in [5.74, 6) is 0.832. The Balaban J connectivity index is 1.42. The van der Waals surface area contributed by atoms with Crippen molar-refractivity contribution in [1.29, 1.82) is 0 Å². The maximum Gasteiger partial charge on any atom is 0.224 e. The molecule has 0 spiro atoms. The van der Waals surface area contributed by atoms with E-state index in [9.17, 15) is 4.79 Å². The lowest BCUT2D eigenvalue weighted by Gasteiger charge is -2.40. The molecule has 0 saturated carbocycles. The Hall–Kier alpha value is -3.51. The Labute approximate surface area is 209 Å². The van der Waals surface area contributed by atoms with Gasteiger partial charge in [-0.2, -0.15) is 0 Å². The molecule has 0 aromatic heterocycles. The number of rotatable bonds is 9. The van der Waals surface area contributed by atoms with Crippen LogP contribution in [0.5, 0.6) is 5.75 Å². The van der Waals surface area contributed by atoms with Crippen LogP contribution in [0.15, 0.2) is 78.9 Å². The second-order valence-electron chi connectivity index (χ2n) is 9.19. The normalized spacial score (nSPS) is 14.9. The minimum absolute atomic E-state index is 0.0352. The third kappa shape index (κ3) is 6.55. The van der Waals surface area contributed by atoms with E-state index in [1.807, 2.05) is 24.3 Å². The van der Waals surface area contributed by atoms with Gasteiger partial charge in [-0.15, -0.1) is 0 Å². The summed E-state index contributed by atoms with van der Waals surface area (Å²) < 4.78 is 5.22. The zero-order valence-corrected chi connectivity index (χ0v) is 21.0. The molecule has 0 radical (unpaired) electrons. The highest BCUT2D eigenvalue weighted by atomic mass is 16.5. The van der Waals surface area contributed by atoms with Crippen molar-refractivity contribution in [3.8, 4) is 5.75 Å². The van der Waals surface area contributed by atoms with Gasteiger partial charge in [0, 0.05) is 58.2 Å². The number of anilines is 2. The molecule has 184 valence electrons. The van der Waals surface area contributed by atoms with E-state index in [0.29, 0.717) is 13.0 Å². The number of carbonyl (C=O) groups is 1. The fourth-order valence-electron chi connectivity index (χ4n) is 4.58. The summed E-state index contributed by atoms with van der Waals surface area (Å²) in [6.45, 7) is 4.42. The number of carbonyl (C=O) groups excluding carboxylic acids is 1. The lowest BCUT2D eigenvalue weighted by Crippen LogP contribution is -2.50. The highest BCUT2D eigenvalue weighted by molar-refractivity contribution is 5.78. The van der Waals surface area contributed by atoms with E-state index in [0.717, 1.165) is 37.5 Å². The molecule has 0 unspecified atom stereocenters. The lowest BCUT2D eigenvalue weighted by molar-refractivity contribution is -0.120. The van der Waals surface area contributed by atoms with Crippen LogP contribution >= 0.6 is 0 Å². The number of nitrogens with one attached hydrogen (secondary N) is 1. The zero-order chi connectivity index (χ0) is 24.6. The summed E-state index contributed by atoms with van der Waals surface area (Å²) in [7, 11) is 5.75. The first-order valence-electron chi connectivity index (χ1n) is 12.2. The molecule has 6 nitrogen and oxygen atoms in total. The number of hydrogen-bond donors (Lipinski definition) is 1. The van der Waals surface area contributed by atoms with Crippen LogP contribution in [0.2, 0.25) is 0 Å². The van der Waals surface area contributed by atoms with Crippen LogP contribution in [0.4, 0.5) is 11.4 Å². The number of methoxy groups -OCH3 is 1. The van der Waals surface area contributed by atoms with Crippen LogP contribution in [0, 0.1) is 0 Å². The minimum atomic E-state index is 0.0352. The molecule has 1 aliphatic rings. The molecule has 6 heteroatoms. The molecule has 1 heterocycles. The molecule has 1 amide bonds. The van der Waals surface area contributed by atoms with Crippen molar-refractivity contribution in [1.82, 2.24) is 10.2 Å². The fourth-order valence-corrected chi connectivity index (χ4v) is 4.58. The minimum Gasteiger partial charge on any atom is -0.497 e. The quantitative estimate of drug-likeness (QED) is 0.511. The molecule has 0 bridgehead atoms. The number of ether oxygens (including phenoxy) is 1. The summed E-state index contributed by atoms with van der Waals surface area (Å²) in [6.07, 6.45) is 0.359. The van der Waals surface area contributed by atoms with Crippen LogP contribution < -0.4 is 19.9 Å². The second kappa shape index (κ2) is 11.8. The number of piperazine rings is 1. The van der Waals surface area contributed by atoms with Gasteiger partial charge in [0.15, 0.2) is 0 Å². The number of hydrogen-bond acceptors (Lipinski definition) is 5. The highest BCUT2D eigenvalue weighted by Crippen LogP contribution is 2.26. The van der Waals surface area contributed by atoms with Crippen molar-refractivity contribution in [3.05, 3.63) is 90.0 Å². The van der Waals surface area contributed by atoms with Gasteiger partial charge in [-0.25, -0.2) is 0 Å². The van der Waals surface area contributed by atoms with Gasteiger partial charge in [0.25, 0.3) is 0 Å². The molecular weight excluding hydrogens is 436 g/mol. The summed E-state index contributed by atoms with van der Waals surface area (Å²) >= 11 is 0. The highest BCUT2D eigenvalue weighted by Gasteiger charge is 2.26. The van der Waals surface area contributed by atoms with E-state index in [2.05, 4.69) is 88.7 Å². The first-order chi connectivity index (χ1) is 17.0. The first kappa shape index (κ1) is 24.6. The van der Waals surface area contributed by atoms with Gasteiger partial charge in [0.05, 0.1) is 19.6 Å². The van der Waals surface area contributed by atoms with Crippen LogP contribution in [-0.2, 0) is 11.2 Å². The monoisotopic (exact) mass is 472 g/mol. The zero-order valence-electron chi connectivity index (χ0n) is 21.0. The Kier molecular flexibility index (Phi) is 8.27. The average molecular weight is 473 g/mol. The number of para-hydroxylation sites is 1. The van der Waals surface area contributed by atoms with Crippen LogP contribution in [0.3, 0.4) is 0 Å². The predicted octanol–water partition coefficient (Wildman–Crippen LogP) is 3.98. The van der Waals surface area contributed by atoms with Gasteiger partial charge in [0.2, 0.25) is 5.91 Å². The molecule has 1 aliphatic heterocycles. The molecule has 0 aliphatic carbocycles. The van der Waals surface area contributed by atoms with Gasteiger partial charge in [-0.05, 0) is 47.5 Å².